The largest absolute Gasteiger partial charge is 0.491 e. The molecule has 48 heavy (non-hydrogen) atoms. The van der Waals surface area contributed by atoms with Crippen LogP contribution in [0.25, 0.3) is 0 Å². The van der Waals surface area contributed by atoms with E-state index < -0.39 is 19.0 Å². The van der Waals surface area contributed by atoms with E-state index in [0.717, 1.165) is 28.1 Å². The molecule has 0 bridgehead atoms. The highest BCUT2D eigenvalue weighted by molar-refractivity contribution is 6.60. The van der Waals surface area contributed by atoms with Gasteiger partial charge in [0, 0.05) is 72.0 Å². The highest BCUT2D eigenvalue weighted by atomic mass is 16.5. The second-order valence-electron chi connectivity index (χ2n) is 12.5. The lowest BCUT2D eigenvalue weighted by molar-refractivity contribution is 0.0694. The standard InChI is InChI=1S/C38H41BN2O7/c1-7-40-32-19-34-30(16-22(32)4)36(28-13-10-26(24(6)42)18-29(28)38(44)45)31-17-23(5)33(20-35(31)48-34)41-14-15-47-39(46)27-11-8-25(9-12-27)37(43)21(2)3/h8-13,16-21,30,36,41,46H,7,14-15H2,1-6H3,(H,44,45)/b40-32-. The van der Waals surface area contributed by atoms with Crippen LogP contribution < -0.4 is 15.5 Å². The van der Waals surface area contributed by atoms with E-state index in [4.69, 9.17) is 9.39 Å². The monoisotopic (exact) mass is 648 g/mol. The van der Waals surface area contributed by atoms with Gasteiger partial charge in [-0.2, -0.15) is 0 Å². The first-order chi connectivity index (χ1) is 22.9. The summed E-state index contributed by atoms with van der Waals surface area (Å²) in [5.41, 5.74) is 6.53. The molecule has 1 aliphatic heterocycles. The Hall–Kier alpha value is -4.80. The van der Waals surface area contributed by atoms with Gasteiger partial charge in [0.2, 0.25) is 0 Å². The molecule has 3 N–H and O–H groups in total. The summed E-state index contributed by atoms with van der Waals surface area (Å²) in [5.74, 6) is -0.788. The van der Waals surface area contributed by atoms with Gasteiger partial charge in [-0.3, -0.25) is 14.6 Å². The van der Waals surface area contributed by atoms with Gasteiger partial charge in [-0.1, -0.05) is 56.3 Å². The van der Waals surface area contributed by atoms with Crippen molar-refractivity contribution < 1.29 is 33.9 Å². The summed E-state index contributed by atoms with van der Waals surface area (Å²) >= 11 is 0. The van der Waals surface area contributed by atoms with Gasteiger partial charge in [0.25, 0.3) is 0 Å². The van der Waals surface area contributed by atoms with E-state index in [1.807, 2.05) is 52.8 Å². The summed E-state index contributed by atoms with van der Waals surface area (Å²) in [7, 11) is -1.15. The number of allylic oxidation sites excluding steroid dienone is 3. The number of rotatable bonds is 12. The van der Waals surface area contributed by atoms with E-state index in [2.05, 4.69) is 16.4 Å². The Morgan fingerprint density at radius 2 is 1.73 bits per heavy atom. The zero-order valence-corrected chi connectivity index (χ0v) is 28.2. The maximum Gasteiger partial charge on any atom is 0.491 e. The lowest BCUT2D eigenvalue weighted by Gasteiger charge is -2.37. The molecule has 2 unspecified atom stereocenters. The van der Waals surface area contributed by atoms with Crippen LogP contribution in [0, 0.1) is 18.8 Å². The van der Waals surface area contributed by atoms with Crippen molar-refractivity contribution in [1.82, 2.24) is 0 Å². The molecule has 0 saturated carbocycles. The number of aryl methyl sites for hydroxylation is 1. The molecule has 9 nitrogen and oxygen atoms in total. The van der Waals surface area contributed by atoms with E-state index in [1.165, 1.54) is 13.0 Å². The molecule has 0 radical (unpaired) electrons. The molecule has 0 amide bonds. The number of nitrogens with zero attached hydrogens (tertiary/aromatic N) is 1. The minimum atomic E-state index is -1.15. The van der Waals surface area contributed by atoms with Crippen LogP contribution in [0.3, 0.4) is 0 Å². The van der Waals surface area contributed by atoms with E-state index in [9.17, 15) is 24.5 Å². The summed E-state index contributed by atoms with van der Waals surface area (Å²) in [6.45, 7) is 12.2. The molecule has 3 aromatic carbocycles. The Balaban J connectivity index is 1.41. The molecule has 2 atom stereocenters. The normalized spacial score (nSPS) is 17.5. The Morgan fingerprint density at radius 1 is 1.02 bits per heavy atom. The fraction of sp³-hybridized carbons (Fsp3) is 0.316. The van der Waals surface area contributed by atoms with Gasteiger partial charge in [0.1, 0.15) is 11.5 Å². The number of anilines is 1. The minimum absolute atomic E-state index is 0.0431. The number of ketones is 2. The molecule has 0 saturated heterocycles. The van der Waals surface area contributed by atoms with E-state index in [1.54, 1.807) is 36.4 Å². The molecule has 0 fully saturated rings. The summed E-state index contributed by atoms with van der Waals surface area (Å²) < 4.78 is 12.2. The Kier molecular flexibility index (Phi) is 10.5. The molecule has 0 aromatic heterocycles. The highest BCUT2D eigenvalue weighted by Crippen LogP contribution is 2.50. The fourth-order valence-corrected chi connectivity index (χ4v) is 6.22. The molecule has 10 heteroatoms. The number of aliphatic imine (C=N–C) groups is 1. The molecule has 5 rings (SSSR count). The Bertz CT molecular complexity index is 1840. The number of nitrogens with one attached hydrogen (secondary N) is 1. The molecule has 1 heterocycles. The Morgan fingerprint density at radius 3 is 2.38 bits per heavy atom. The number of carboxylic acid groups (broad SMARTS) is 1. The molecule has 248 valence electrons. The molecular weight excluding hydrogens is 607 g/mol. The zero-order valence-electron chi connectivity index (χ0n) is 28.2. The number of fused-ring (bicyclic) bond motifs is 2. The van der Waals surface area contributed by atoms with Crippen molar-refractivity contribution in [1.29, 1.82) is 0 Å². The SMILES string of the molecule is CC/N=C1/C=C2Oc3cc(NCCOB(O)c4ccc(C(=O)C(C)C)cc4)c(C)cc3C(c3ccc(C(C)=O)cc3C(=O)O)C2C=C1C. The van der Waals surface area contributed by atoms with Crippen LogP contribution in [0.1, 0.15) is 88.3 Å². The zero-order chi connectivity index (χ0) is 34.7. The number of hydrogen-bond acceptors (Lipinski definition) is 8. The van der Waals surface area contributed by atoms with Crippen LogP contribution in [0.4, 0.5) is 5.69 Å². The van der Waals surface area contributed by atoms with Crippen molar-refractivity contribution >= 4 is 41.5 Å². The second-order valence-corrected chi connectivity index (χ2v) is 12.5. The van der Waals surface area contributed by atoms with E-state index in [-0.39, 0.29) is 35.6 Å². The summed E-state index contributed by atoms with van der Waals surface area (Å²) in [6.07, 6.45) is 4.01. The van der Waals surface area contributed by atoms with Crippen LogP contribution >= 0.6 is 0 Å². The number of ether oxygens (including phenoxy) is 1. The third kappa shape index (κ3) is 7.20. The highest BCUT2D eigenvalue weighted by Gasteiger charge is 2.39. The van der Waals surface area contributed by atoms with Gasteiger partial charge in [-0.25, -0.2) is 4.79 Å². The van der Waals surface area contributed by atoms with Crippen molar-refractivity contribution in [3.05, 3.63) is 111 Å². The van der Waals surface area contributed by atoms with Gasteiger partial charge in [0.15, 0.2) is 11.6 Å². The molecule has 0 spiro atoms. The summed E-state index contributed by atoms with van der Waals surface area (Å²) in [6, 6.07) is 15.6. The van der Waals surface area contributed by atoms with Gasteiger partial charge in [-0.15, -0.1) is 0 Å². The van der Waals surface area contributed by atoms with Crippen LogP contribution in [-0.2, 0) is 4.65 Å². The predicted molar refractivity (Wildman–Crippen MR) is 188 cm³/mol. The number of carbonyl (C=O) groups is 3. The quantitative estimate of drug-likeness (QED) is 0.124. The van der Waals surface area contributed by atoms with E-state index in [0.29, 0.717) is 46.8 Å². The van der Waals surface area contributed by atoms with Crippen LogP contribution in [-0.4, -0.2) is 60.2 Å². The number of carbonyl (C=O) groups excluding carboxylic acids is 2. The van der Waals surface area contributed by atoms with Crippen molar-refractivity contribution in [2.75, 3.05) is 25.0 Å². The Labute approximate surface area is 281 Å². The number of aromatic carboxylic acids is 1. The molecule has 3 aromatic rings. The van der Waals surface area contributed by atoms with Crippen LogP contribution in [0.2, 0.25) is 0 Å². The van der Waals surface area contributed by atoms with Gasteiger partial charge >= 0.3 is 13.1 Å². The van der Waals surface area contributed by atoms with Crippen molar-refractivity contribution in [2.24, 2.45) is 16.8 Å². The predicted octanol–water partition coefficient (Wildman–Crippen LogP) is 6.00. The average molecular weight is 649 g/mol. The topological polar surface area (TPSA) is 135 Å². The lowest BCUT2D eigenvalue weighted by Crippen LogP contribution is -2.35. The smallest absolute Gasteiger partial charge is 0.478 e. The molecular formula is C38H41BN2O7. The van der Waals surface area contributed by atoms with E-state index >= 15 is 0 Å². The van der Waals surface area contributed by atoms with Gasteiger partial charge in [0.05, 0.1) is 11.3 Å². The van der Waals surface area contributed by atoms with Crippen LogP contribution in [0.15, 0.2) is 83.1 Å². The number of Topliss-reactive ketones (excluding diaryl/α,β-unsaturated/α-hetero) is 2. The minimum Gasteiger partial charge on any atom is -0.478 e. The fourth-order valence-electron chi connectivity index (χ4n) is 6.22. The lowest BCUT2D eigenvalue weighted by atomic mass is 9.73. The maximum atomic E-state index is 12.5. The molecule has 1 aliphatic carbocycles. The third-order valence-corrected chi connectivity index (χ3v) is 8.77. The van der Waals surface area contributed by atoms with Gasteiger partial charge < -0.3 is 24.8 Å². The van der Waals surface area contributed by atoms with Gasteiger partial charge in [-0.05, 0) is 62.0 Å². The molecule has 2 aliphatic rings. The maximum absolute atomic E-state index is 12.5. The first-order valence-electron chi connectivity index (χ1n) is 16.2. The van der Waals surface area contributed by atoms with Crippen molar-refractivity contribution in [3.63, 3.8) is 0 Å². The van der Waals surface area contributed by atoms with Crippen molar-refractivity contribution in [3.8, 4) is 5.75 Å². The summed E-state index contributed by atoms with van der Waals surface area (Å²) in [4.78, 5) is 41.5. The average Bonchev–Trinajstić information content (AvgIpc) is 3.06. The van der Waals surface area contributed by atoms with Crippen molar-refractivity contribution in [2.45, 2.75) is 47.5 Å². The summed E-state index contributed by atoms with van der Waals surface area (Å²) in [5, 5.41) is 24.2. The first-order valence-corrected chi connectivity index (χ1v) is 16.2. The number of hydrogen-bond donors (Lipinski definition) is 3. The number of carboxylic acids is 1. The number of benzene rings is 3. The van der Waals surface area contributed by atoms with Crippen LogP contribution in [0.5, 0.6) is 5.75 Å². The first kappa shape index (κ1) is 34.5. The third-order valence-electron chi connectivity index (χ3n) is 8.77. The second kappa shape index (κ2) is 14.5.